The Balaban J connectivity index is 2.53. The molecule has 4 N–H and O–H groups in total. The largest absolute Gasteiger partial charge is 0.465 e. The number of primary amides is 1. The molecule has 0 fully saturated rings. The number of aryl methyl sites for hydroxylation is 1. The van der Waals surface area contributed by atoms with Gasteiger partial charge in [-0.15, -0.1) is 0 Å². The third kappa shape index (κ3) is 4.18. The van der Waals surface area contributed by atoms with Crippen LogP contribution in [0.5, 0.6) is 0 Å². The van der Waals surface area contributed by atoms with Gasteiger partial charge in [-0.3, -0.25) is 4.79 Å². The summed E-state index contributed by atoms with van der Waals surface area (Å²) < 4.78 is 4.65. The van der Waals surface area contributed by atoms with Gasteiger partial charge >= 0.3 is 5.97 Å². The number of hydrogen-bond acceptors (Lipinski definition) is 4. The van der Waals surface area contributed by atoms with Crippen LogP contribution < -0.4 is 11.5 Å². The first-order valence-electron chi connectivity index (χ1n) is 5.76. The highest BCUT2D eigenvalue weighted by molar-refractivity contribution is 5.89. The summed E-state index contributed by atoms with van der Waals surface area (Å²) in [5.74, 6) is -0.844. The van der Waals surface area contributed by atoms with Gasteiger partial charge in [0.2, 0.25) is 5.91 Å². The molecule has 18 heavy (non-hydrogen) atoms. The summed E-state index contributed by atoms with van der Waals surface area (Å²) in [6.45, 7) is 0. The second kappa shape index (κ2) is 6.76. The van der Waals surface area contributed by atoms with Crippen LogP contribution in [0.15, 0.2) is 24.3 Å². The van der Waals surface area contributed by atoms with Crippen LogP contribution in [-0.2, 0) is 16.0 Å². The van der Waals surface area contributed by atoms with Gasteiger partial charge in [-0.1, -0.05) is 12.1 Å². The fourth-order valence-electron chi connectivity index (χ4n) is 1.64. The van der Waals surface area contributed by atoms with Gasteiger partial charge in [0, 0.05) is 0 Å². The average Bonchev–Trinajstić information content (AvgIpc) is 2.37. The first-order valence-corrected chi connectivity index (χ1v) is 5.76. The van der Waals surface area contributed by atoms with Crippen LogP contribution in [0.3, 0.4) is 0 Å². The first-order chi connectivity index (χ1) is 8.54. The Morgan fingerprint density at radius 1 is 1.39 bits per heavy atom. The summed E-state index contributed by atoms with van der Waals surface area (Å²) in [7, 11) is 1.35. The van der Waals surface area contributed by atoms with Crippen molar-refractivity contribution in [2.24, 2.45) is 11.5 Å². The Labute approximate surface area is 106 Å². The van der Waals surface area contributed by atoms with Crippen molar-refractivity contribution in [1.82, 2.24) is 0 Å². The molecule has 1 atom stereocenters. The molecule has 1 rings (SSSR count). The lowest BCUT2D eigenvalue weighted by Crippen LogP contribution is -2.36. The summed E-state index contributed by atoms with van der Waals surface area (Å²) in [5.41, 5.74) is 12.1. The van der Waals surface area contributed by atoms with Gasteiger partial charge in [-0.25, -0.2) is 4.79 Å². The third-order valence-corrected chi connectivity index (χ3v) is 2.69. The molecule has 0 unspecified atom stereocenters. The maximum absolute atomic E-state index is 11.3. The molecule has 0 aliphatic carbocycles. The Kier molecular flexibility index (Phi) is 5.32. The second-order valence-electron chi connectivity index (χ2n) is 4.09. The van der Waals surface area contributed by atoms with E-state index in [1.165, 1.54) is 7.11 Å². The second-order valence-corrected chi connectivity index (χ2v) is 4.09. The van der Waals surface area contributed by atoms with Crippen molar-refractivity contribution in [1.29, 1.82) is 0 Å². The molecule has 5 heteroatoms. The molecule has 0 radical (unpaired) electrons. The van der Waals surface area contributed by atoms with Crippen LogP contribution in [0.4, 0.5) is 0 Å². The monoisotopic (exact) mass is 250 g/mol. The minimum absolute atomic E-state index is 0.356. The molecule has 0 spiro atoms. The highest BCUT2D eigenvalue weighted by Crippen LogP contribution is 2.10. The van der Waals surface area contributed by atoms with Crippen LogP contribution in [0, 0.1) is 0 Å². The molecular weight excluding hydrogens is 232 g/mol. The molecule has 0 aliphatic heterocycles. The van der Waals surface area contributed by atoms with Gasteiger partial charge < -0.3 is 16.2 Å². The number of benzene rings is 1. The average molecular weight is 250 g/mol. The van der Waals surface area contributed by atoms with Crippen LogP contribution >= 0.6 is 0 Å². The minimum Gasteiger partial charge on any atom is -0.465 e. The van der Waals surface area contributed by atoms with E-state index in [1.807, 2.05) is 6.07 Å². The van der Waals surface area contributed by atoms with E-state index < -0.39 is 11.9 Å². The predicted octanol–water partition coefficient (Wildman–Crippen LogP) is 0.609. The van der Waals surface area contributed by atoms with Gasteiger partial charge in [-0.2, -0.15) is 0 Å². The van der Waals surface area contributed by atoms with Crippen molar-refractivity contribution in [3.8, 4) is 0 Å². The van der Waals surface area contributed by atoms with E-state index >= 15 is 0 Å². The van der Waals surface area contributed by atoms with Crippen molar-refractivity contribution in [2.75, 3.05) is 7.11 Å². The summed E-state index contributed by atoms with van der Waals surface area (Å²) in [6.07, 6.45) is 2.03. The van der Waals surface area contributed by atoms with E-state index in [2.05, 4.69) is 4.74 Å². The predicted molar refractivity (Wildman–Crippen MR) is 67.9 cm³/mol. The SMILES string of the molecule is COC(=O)c1cccc(CCC[C@H](N)C(N)=O)c1. The zero-order valence-corrected chi connectivity index (χ0v) is 10.4. The molecule has 1 aromatic rings. The number of nitrogens with two attached hydrogens (primary N) is 2. The van der Waals surface area contributed by atoms with Crippen LogP contribution in [0.25, 0.3) is 0 Å². The summed E-state index contributed by atoms with van der Waals surface area (Å²) in [6, 6.07) is 6.60. The topological polar surface area (TPSA) is 95.4 Å². The van der Waals surface area contributed by atoms with Gasteiger partial charge in [-0.05, 0) is 37.0 Å². The normalized spacial score (nSPS) is 11.9. The lowest BCUT2D eigenvalue weighted by atomic mass is 10.0. The third-order valence-electron chi connectivity index (χ3n) is 2.69. The number of carbonyl (C=O) groups is 2. The van der Waals surface area contributed by atoms with E-state index in [0.717, 1.165) is 18.4 Å². The maximum atomic E-state index is 11.3. The summed E-state index contributed by atoms with van der Waals surface area (Å²) in [5, 5.41) is 0. The highest BCUT2D eigenvalue weighted by atomic mass is 16.5. The smallest absolute Gasteiger partial charge is 0.337 e. The van der Waals surface area contributed by atoms with E-state index in [-0.39, 0.29) is 5.97 Å². The number of carbonyl (C=O) groups excluding carboxylic acids is 2. The molecule has 0 saturated heterocycles. The van der Waals surface area contributed by atoms with Crippen LogP contribution in [0.1, 0.15) is 28.8 Å². The van der Waals surface area contributed by atoms with Crippen molar-refractivity contribution < 1.29 is 14.3 Å². The maximum Gasteiger partial charge on any atom is 0.337 e. The zero-order chi connectivity index (χ0) is 13.5. The first kappa shape index (κ1) is 14.2. The van der Waals surface area contributed by atoms with E-state index in [0.29, 0.717) is 12.0 Å². The van der Waals surface area contributed by atoms with Gasteiger partial charge in [0.15, 0.2) is 0 Å². The zero-order valence-electron chi connectivity index (χ0n) is 10.4. The van der Waals surface area contributed by atoms with Gasteiger partial charge in [0.25, 0.3) is 0 Å². The Hall–Kier alpha value is -1.88. The van der Waals surface area contributed by atoms with Crippen molar-refractivity contribution in [3.63, 3.8) is 0 Å². The van der Waals surface area contributed by atoms with E-state index in [1.54, 1.807) is 18.2 Å². The molecule has 1 aromatic carbocycles. The molecule has 0 bridgehead atoms. The van der Waals surface area contributed by atoms with Crippen molar-refractivity contribution in [2.45, 2.75) is 25.3 Å². The molecule has 0 heterocycles. The number of rotatable bonds is 6. The van der Waals surface area contributed by atoms with E-state index in [9.17, 15) is 9.59 Å². The molecule has 0 aliphatic rings. The molecule has 5 nitrogen and oxygen atoms in total. The molecule has 0 aromatic heterocycles. The van der Waals surface area contributed by atoms with Crippen LogP contribution in [-0.4, -0.2) is 25.0 Å². The highest BCUT2D eigenvalue weighted by Gasteiger charge is 2.09. The quantitative estimate of drug-likeness (QED) is 0.723. The Morgan fingerprint density at radius 3 is 2.72 bits per heavy atom. The fraction of sp³-hybridized carbons (Fsp3) is 0.385. The number of esters is 1. The minimum atomic E-state index is -0.603. The Morgan fingerprint density at radius 2 is 2.11 bits per heavy atom. The number of amides is 1. The van der Waals surface area contributed by atoms with Crippen molar-refractivity contribution in [3.05, 3.63) is 35.4 Å². The lowest BCUT2D eigenvalue weighted by Gasteiger charge is -2.07. The number of ether oxygens (including phenoxy) is 1. The number of hydrogen-bond donors (Lipinski definition) is 2. The van der Waals surface area contributed by atoms with Gasteiger partial charge in [0.1, 0.15) is 0 Å². The Bertz CT molecular complexity index is 432. The standard InChI is InChI=1S/C13H18N2O3/c1-18-13(17)10-6-2-4-9(8-10)5-3-7-11(14)12(15)16/h2,4,6,8,11H,3,5,7,14H2,1H3,(H2,15,16)/t11-/m0/s1. The number of methoxy groups -OCH3 is 1. The molecule has 0 saturated carbocycles. The van der Waals surface area contributed by atoms with Crippen LogP contribution in [0.2, 0.25) is 0 Å². The van der Waals surface area contributed by atoms with E-state index in [4.69, 9.17) is 11.5 Å². The summed E-state index contributed by atoms with van der Waals surface area (Å²) >= 11 is 0. The molecule has 1 amide bonds. The lowest BCUT2D eigenvalue weighted by molar-refractivity contribution is -0.119. The fourth-order valence-corrected chi connectivity index (χ4v) is 1.64. The van der Waals surface area contributed by atoms with Gasteiger partial charge in [0.05, 0.1) is 18.7 Å². The van der Waals surface area contributed by atoms with Crippen molar-refractivity contribution >= 4 is 11.9 Å². The molecular formula is C13H18N2O3. The molecule has 98 valence electrons. The summed E-state index contributed by atoms with van der Waals surface area (Å²) in [4.78, 5) is 22.1.